The molecular weight excluding hydrogens is 188 g/mol. The van der Waals surface area contributed by atoms with Crippen molar-refractivity contribution in [2.75, 3.05) is 7.11 Å². The predicted molar refractivity (Wildman–Crippen MR) is 53.8 cm³/mol. The molecule has 0 bridgehead atoms. The highest BCUT2D eigenvalue weighted by Crippen LogP contribution is 2.18. The Morgan fingerprint density at radius 3 is 2.31 bits per heavy atom. The number of carbonyl (C=O) groups excluding carboxylic acids is 1. The van der Waals surface area contributed by atoms with Crippen LogP contribution in [-0.4, -0.2) is 12.4 Å². The highest BCUT2D eigenvalue weighted by Gasteiger charge is 2.16. The third-order valence-corrected chi connectivity index (χ3v) is 1.74. The Hall–Kier alpha value is -0.860. The van der Waals surface area contributed by atoms with Crippen LogP contribution in [0.3, 0.4) is 0 Å². The van der Waals surface area contributed by atoms with Gasteiger partial charge in [0.05, 0.1) is 0 Å². The summed E-state index contributed by atoms with van der Waals surface area (Å²) in [5.41, 5.74) is 0.778. The normalized spacial score (nSPS) is 11.5. The molecule has 1 aromatic carbocycles. The van der Waals surface area contributed by atoms with Gasteiger partial charge in [0.1, 0.15) is 0 Å². The zero-order chi connectivity index (χ0) is 8.97. The van der Waals surface area contributed by atoms with Crippen molar-refractivity contribution in [1.82, 2.24) is 0 Å². The zero-order valence-electron chi connectivity index (χ0n) is 6.66. The van der Waals surface area contributed by atoms with E-state index in [1.807, 2.05) is 18.2 Å². The lowest BCUT2D eigenvalue weighted by molar-refractivity contribution is -0.121. The summed E-state index contributed by atoms with van der Waals surface area (Å²) >= 11 is 5.31. The van der Waals surface area contributed by atoms with Crippen LogP contribution in [0.2, 0.25) is 0 Å². The van der Waals surface area contributed by atoms with Gasteiger partial charge in [0, 0.05) is 7.11 Å². The quantitative estimate of drug-likeness (QED) is 0.702. The predicted octanol–water partition coefficient (Wildman–Crippen LogP) is 2.78. The van der Waals surface area contributed by atoms with Gasteiger partial charge >= 0.3 is 0 Å². The van der Waals surface area contributed by atoms with Crippen molar-refractivity contribution < 1.29 is 9.53 Å². The minimum absolute atomic E-state index is 0. The molecule has 1 rings (SSSR count). The van der Waals surface area contributed by atoms with Crippen molar-refractivity contribution in [3.8, 4) is 0 Å². The molecule has 0 aliphatic rings. The maximum absolute atomic E-state index is 10.8. The Morgan fingerprint density at radius 1 is 1.38 bits per heavy atom. The van der Waals surface area contributed by atoms with Crippen LogP contribution in [0.25, 0.3) is 0 Å². The topological polar surface area (TPSA) is 26.3 Å². The minimum Gasteiger partial charge on any atom is -0.368 e. The lowest BCUT2D eigenvalue weighted by Gasteiger charge is -2.09. The molecule has 0 fully saturated rings. The first kappa shape index (κ1) is 12.1. The molecule has 13 heavy (non-hydrogen) atoms. The van der Waals surface area contributed by atoms with Gasteiger partial charge in [-0.25, -0.2) is 0 Å². The number of methoxy groups -OCH3 is 1. The standard InChI is InChI=1S/C9H9ClO2.CH4/c1-12-8(9(10)11)7-5-3-2-4-6-7;/h2-6,8H,1H3;1H4. The summed E-state index contributed by atoms with van der Waals surface area (Å²) in [6, 6.07) is 9.14. The Morgan fingerprint density at radius 2 is 1.92 bits per heavy atom. The molecule has 0 aromatic heterocycles. The van der Waals surface area contributed by atoms with Gasteiger partial charge in [-0.2, -0.15) is 0 Å². The SMILES string of the molecule is C.COC(C(=O)Cl)c1ccccc1. The summed E-state index contributed by atoms with van der Waals surface area (Å²) < 4.78 is 4.92. The second-order valence-corrected chi connectivity index (χ2v) is 2.70. The van der Waals surface area contributed by atoms with Gasteiger partial charge in [-0.05, 0) is 17.2 Å². The van der Waals surface area contributed by atoms with E-state index in [0.29, 0.717) is 0 Å². The van der Waals surface area contributed by atoms with Gasteiger partial charge in [-0.3, -0.25) is 4.79 Å². The van der Waals surface area contributed by atoms with E-state index in [1.54, 1.807) is 12.1 Å². The third-order valence-electron chi connectivity index (χ3n) is 1.54. The van der Waals surface area contributed by atoms with Gasteiger partial charge in [0.2, 0.25) is 0 Å². The minimum atomic E-state index is -0.645. The monoisotopic (exact) mass is 200 g/mol. The van der Waals surface area contributed by atoms with E-state index in [-0.39, 0.29) is 7.43 Å². The van der Waals surface area contributed by atoms with E-state index in [0.717, 1.165) is 5.56 Å². The lowest BCUT2D eigenvalue weighted by atomic mass is 10.1. The molecule has 0 radical (unpaired) electrons. The van der Waals surface area contributed by atoms with Gasteiger partial charge in [-0.1, -0.05) is 37.8 Å². The Balaban J connectivity index is 0.00000144. The van der Waals surface area contributed by atoms with Crippen molar-refractivity contribution >= 4 is 16.8 Å². The highest BCUT2D eigenvalue weighted by atomic mass is 35.5. The van der Waals surface area contributed by atoms with Crippen molar-refractivity contribution in [3.05, 3.63) is 35.9 Å². The molecule has 0 saturated carbocycles. The summed E-state index contributed by atoms with van der Waals surface area (Å²) in [7, 11) is 1.46. The number of rotatable bonds is 3. The zero-order valence-corrected chi connectivity index (χ0v) is 7.41. The van der Waals surface area contributed by atoms with E-state index in [1.165, 1.54) is 7.11 Å². The number of hydrogen-bond donors (Lipinski definition) is 0. The molecule has 1 aromatic rings. The fraction of sp³-hybridized carbons (Fsp3) is 0.300. The fourth-order valence-corrected chi connectivity index (χ4v) is 1.20. The van der Waals surface area contributed by atoms with Crippen LogP contribution in [0.5, 0.6) is 0 Å². The van der Waals surface area contributed by atoms with E-state index >= 15 is 0 Å². The van der Waals surface area contributed by atoms with E-state index in [2.05, 4.69) is 0 Å². The average Bonchev–Trinajstić information content (AvgIpc) is 2.07. The van der Waals surface area contributed by atoms with Crippen molar-refractivity contribution in [3.63, 3.8) is 0 Å². The van der Waals surface area contributed by atoms with Gasteiger partial charge < -0.3 is 4.74 Å². The molecule has 0 saturated heterocycles. The summed E-state index contributed by atoms with van der Waals surface area (Å²) in [5.74, 6) is 0. The smallest absolute Gasteiger partial charge is 0.255 e. The van der Waals surface area contributed by atoms with Crippen LogP contribution in [0.15, 0.2) is 30.3 Å². The Bertz CT molecular complexity index is 259. The lowest BCUT2D eigenvalue weighted by Crippen LogP contribution is -2.08. The molecule has 0 aliphatic heterocycles. The second-order valence-electron chi connectivity index (χ2n) is 2.33. The van der Waals surface area contributed by atoms with Gasteiger partial charge in [-0.15, -0.1) is 0 Å². The number of benzene rings is 1. The molecule has 3 heteroatoms. The van der Waals surface area contributed by atoms with Crippen molar-refractivity contribution in [2.24, 2.45) is 0 Å². The fourth-order valence-electron chi connectivity index (χ4n) is 0.988. The molecule has 0 N–H and O–H groups in total. The highest BCUT2D eigenvalue weighted by molar-refractivity contribution is 6.64. The van der Waals surface area contributed by atoms with Crippen LogP contribution in [0.1, 0.15) is 19.1 Å². The van der Waals surface area contributed by atoms with E-state index < -0.39 is 11.3 Å². The van der Waals surface area contributed by atoms with E-state index in [4.69, 9.17) is 16.3 Å². The number of halogens is 1. The van der Waals surface area contributed by atoms with Crippen LogP contribution >= 0.6 is 11.6 Å². The first-order valence-corrected chi connectivity index (χ1v) is 3.90. The molecule has 0 aliphatic carbocycles. The number of ether oxygens (including phenoxy) is 1. The third kappa shape index (κ3) is 3.17. The van der Waals surface area contributed by atoms with Gasteiger partial charge in [0.15, 0.2) is 6.10 Å². The van der Waals surface area contributed by atoms with Crippen LogP contribution < -0.4 is 0 Å². The molecule has 72 valence electrons. The molecule has 2 nitrogen and oxygen atoms in total. The summed E-state index contributed by atoms with van der Waals surface area (Å²) in [6.07, 6.45) is -0.645. The molecule has 1 unspecified atom stereocenters. The first-order chi connectivity index (χ1) is 5.75. The molecule has 1 atom stereocenters. The average molecular weight is 201 g/mol. The molecule has 0 amide bonds. The number of carbonyl (C=O) groups is 1. The number of hydrogen-bond acceptors (Lipinski definition) is 2. The molecular formula is C10H13ClO2. The van der Waals surface area contributed by atoms with Crippen molar-refractivity contribution in [2.45, 2.75) is 13.5 Å². The summed E-state index contributed by atoms with van der Waals surface area (Å²) in [4.78, 5) is 10.8. The van der Waals surface area contributed by atoms with Gasteiger partial charge in [0.25, 0.3) is 5.24 Å². The van der Waals surface area contributed by atoms with Crippen LogP contribution in [0.4, 0.5) is 0 Å². The summed E-state index contributed by atoms with van der Waals surface area (Å²) in [5, 5.41) is -0.497. The molecule has 0 spiro atoms. The maximum atomic E-state index is 10.8. The van der Waals surface area contributed by atoms with Crippen LogP contribution in [-0.2, 0) is 9.53 Å². The van der Waals surface area contributed by atoms with Crippen molar-refractivity contribution in [1.29, 1.82) is 0 Å². The van der Waals surface area contributed by atoms with Crippen LogP contribution in [0, 0.1) is 0 Å². The summed E-state index contributed by atoms with van der Waals surface area (Å²) in [6.45, 7) is 0. The molecule has 0 heterocycles. The Labute approximate surface area is 83.5 Å². The first-order valence-electron chi connectivity index (χ1n) is 3.53. The largest absolute Gasteiger partial charge is 0.368 e. The second kappa shape index (κ2) is 5.73. The Kier molecular flexibility index (Phi) is 5.35. The van der Waals surface area contributed by atoms with E-state index in [9.17, 15) is 4.79 Å². The maximum Gasteiger partial charge on any atom is 0.255 e.